The van der Waals surface area contributed by atoms with E-state index in [4.69, 9.17) is 0 Å². The number of halogens is 3. The molecule has 1 amide bonds. The molecule has 25 heavy (non-hydrogen) atoms. The first kappa shape index (κ1) is 18.8. The molecule has 0 unspecified atom stereocenters. The number of carbonyl (C=O) groups excluding carboxylic acids is 1. The van der Waals surface area contributed by atoms with Crippen LogP contribution in [-0.4, -0.2) is 10.5 Å². The van der Waals surface area contributed by atoms with E-state index in [1.807, 2.05) is 31.2 Å². The minimum atomic E-state index is -4.57. The Morgan fingerprint density at radius 3 is 2.36 bits per heavy atom. The molecular weight excluding hydrogens is 333 g/mol. The van der Waals surface area contributed by atoms with E-state index in [1.165, 1.54) is 0 Å². The molecule has 134 valence electrons. The average molecular weight is 352 g/mol. The van der Waals surface area contributed by atoms with Crippen LogP contribution < -0.4 is 10.9 Å². The fourth-order valence-electron chi connectivity index (χ4n) is 2.39. The van der Waals surface area contributed by atoms with Gasteiger partial charge in [-0.05, 0) is 30.5 Å². The summed E-state index contributed by atoms with van der Waals surface area (Å²) in [7, 11) is 0. The molecule has 0 radical (unpaired) electrons. The molecule has 0 fully saturated rings. The average Bonchev–Trinajstić information content (AvgIpc) is 2.55. The predicted octanol–water partition coefficient (Wildman–Crippen LogP) is 3.31. The number of aromatic nitrogens is 1. The predicted molar refractivity (Wildman–Crippen MR) is 88.1 cm³/mol. The van der Waals surface area contributed by atoms with Crippen molar-refractivity contribution in [3.8, 4) is 0 Å². The first-order chi connectivity index (χ1) is 11.7. The highest BCUT2D eigenvalue weighted by atomic mass is 19.4. The maximum absolute atomic E-state index is 12.7. The van der Waals surface area contributed by atoms with Crippen molar-refractivity contribution in [2.24, 2.45) is 0 Å². The second-order valence-corrected chi connectivity index (χ2v) is 5.77. The van der Waals surface area contributed by atoms with Gasteiger partial charge < -0.3 is 9.88 Å². The SMILES string of the molecule is CCc1ccc([C@@H](C)NC(=O)Cn2cc(C(F)(F)F)ccc2=O)cc1. The molecule has 0 aliphatic heterocycles. The van der Waals surface area contributed by atoms with Crippen molar-refractivity contribution in [3.63, 3.8) is 0 Å². The highest BCUT2D eigenvalue weighted by Gasteiger charge is 2.31. The van der Waals surface area contributed by atoms with Crippen LogP contribution in [0.25, 0.3) is 0 Å². The minimum Gasteiger partial charge on any atom is -0.348 e. The van der Waals surface area contributed by atoms with Crippen LogP contribution in [-0.2, 0) is 23.9 Å². The topological polar surface area (TPSA) is 51.1 Å². The number of hydrogen-bond donors (Lipinski definition) is 1. The van der Waals surface area contributed by atoms with Crippen LogP contribution in [0.3, 0.4) is 0 Å². The van der Waals surface area contributed by atoms with E-state index in [-0.39, 0.29) is 6.04 Å². The number of carbonyl (C=O) groups is 1. The fraction of sp³-hybridized carbons (Fsp3) is 0.333. The summed E-state index contributed by atoms with van der Waals surface area (Å²) in [6.45, 7) is 3.33. The normalized spacial score (nSPS) is 12.7. The van der Waals surface area contributed by atoms with E-state index in [0.717, 1.165) is 28.2 Å². The summed E-state index contributed by atoms with van der Waals surface area (Å²) in [5, 5.41) is 2.69. The number of benzene rings is 1. The van der Waals surface area contributed by atoms with Crippen molar-refractivity contribution < 1.29 is 18.0 Å². The Balaban J connectivity index is 2.08. The number of hydrogen-bond acceptors (Lipinski definition) is 2. The molecule has 0 saturated carbocycles. The molecule has 4 nitrogen and oxygen atoms in total. The summed E-state index contributed by atoms with van der Waals surface area (Å²) >= 11 is 0. The molecule has 2 rings (SSSR count). The molecule has 1 heterocycles. The lowest BCUT2D eigenvalue weighted by atomic mass is 10.1. The molecule has 0 spiro atoms. The van der Waals surface area contributed by atoms with Crippen molar-refractivity contribution in [1.82, 2.24) is 9.88 Å². The Morgan fingerprint density at radius 2 is 1.80 bits per heavy atom. The summed E-state index contributed by atoms with van der Waals surface area (Å²) in [5.74, 6) is -0.534. The zero-order chi connectivity index (χ0) is 18.6. The van der Waals surface area contributed by atoms with E-state index >= 15 is 0 Å². The molecule has 1 N–H and O–H groups in total. The van der Waals surface area contributed by atoms with Gasteiger partial charge in [-0.25, -0.2) is 0 Å². The number of nitrogens with zero attached hydrogens (tertiary/aromatic N) is 1. The zero-order valence-corrected chi connectivity index (χ0v) is 13.9. The molecule has 1 aromatic carbocycles. The van der Waals surface area contributed by atoms with Crippen LogP contribution in [0.2, 0.25) is 0 Å². The van der Waals surface area contributed by atoms with Crippen molar-refractivity contribution in [1.29, 1.82) is 0 Å². The minimum absolute atomic E-state index is 0.320. The van der Waals surface area contributed by atoms with E-state index in [1.54, 1.807) is 6.92 Å². The first-order valence-electron chi connectivity index (χ1n) is 7.86. The van der Waals surface area contributed by atoms with E-state index in [2.05, 4.69) is 5.32 Å². The van der Waals surface area contributed by atoms with Gasteiger partial charge in [0.05, 0.1) is 11.6 Å². The summed E-state index contributed by atoms with van der Waals surface area (Å²) in [6.07, 6.45) is -3.01. The van der Waals surface area contributed by atoms with Gasteiger partial charge in [0.15, 0.2) is 0 Å². The van der Waals surface area contributed by atoms with Crippen molar-refractivity contribution >= 4 is 5.91 Å². The van der Waals surface area contributed by atoms with Crippen LogP contribution in [0.5, 0.6) is 0 Å². The molecule has 0 aliphatic rings. The van der Waals surface area contributed by atoms with Gasteiger partial charge in [0.1, 0.15) is 6.54 Å². The second kappa shape index (κ2) is 7.55. The second-order valence-electron chi connectivity index (χ2n) is 5.77. The summed E-state index contributed by atoms with van der Waals surface area (Å²) < 4.78 is 38.9. The molecule has 7 heteroatoms. The Labute approximate surface area is 143 Å². The smallest absolute Gasteiger partial charge is 0.348 e. The number of nitrogens with one attached hydrogen (secondary N) is 1. The third kappa shape index (κ3) is 4.95. The molecule has 2 aromatic rings. The number of aryl methyl sites for hydroxylation is 1. The van der Waals surface area contributed by atoms with E-state index in [9.17, 15) is 22.8 Å². The fourth-order valence-corrected chi connectivity index (χ4v) is 2.39. The monoisotopic (exact) mass is 352 g/mol. The van der Waals surface area contributed by atoms with Gasteiger partial charge >= 0.3 is 6.18 Å². The van der Waals surface area contributed by atoms with Gasteiger partial charge in [-0.2, -0.15) is 13.2 Å². The third-order valence-corrected chi connectivity index (χ3v) is 3.89. The van der Waals surface area contributed by atoms with E-state index < -0.39 is 29.8 Å². The maximum atomic E-state index is 12.7. The van der Waals surface area contributed by atoms with Crippen LogP contribution in [0.1, 0.15) is 36.6 Å². The van der Waals surface area contributed by atoms with Gasteiger partial charge in [0.2, 0.25) is 5.91 Å². The van der Waals surface area contributed by atoms with Gasteiger partial charge in [-0.1, -0.05) is 31.2 Å². The summed E-state index contributed by atoms with van der Waals surface area (Å²) in [4.78, 5) is 23.8. The van der Waals surface area contributed by atoms with Crippen LogP contribution >= 0.6 is 0 Å². The van der Waals surface area contributed by atoms with Gasteiger partial charge in [0, 0.05) is 12.3 Å². The van der Waals surface area contributed by atoms with Crippen LogP contribution in [0, 0.1) is 0 Å². The maximum Gasteiger partial charge on any atom is 0.417 e. The Hall–Kier alpha value is -2.57. The molecule has 0 saturated heterocycles. The summed E-state index contributed by atoms with van der Waals surface area (Å²) in [5.41, 5.74) is 0.408. The van der Waals surface area contributed by atoms with Crippen LogP contribution in [0.15, 0.2) is 47.4 Å². The lowest BCUT2D eigenvalue weighted by molar-refractivity contribution is -0.138. The Kier molecular flexibility index (Phi) is 5.66. The van der Waals surface area contributed by atoms with Crippen molar-refractivity contribution in [2.75, 3.05) is 0 Å². The van der Waals surface area contributed by atoms with Gasteiger partial charge in [-0.3, -0.25) is 9.59 Å². The van der Waals surface area contributed by atoms with Gasteiger partial charge in [-0.15, -0.1) is 0 Å². The van der Waals surface area contributed by atoms with Gasteiger partial charge in [0.25, 0.3) is 5.56 Å². The molecule has 1 aromatic heterocycles. The number of amides is 1. The Bertz CT molecular complexity index is 795. The molecule has 0 aliphatic carbocycles. The molecular formula is C18H19F3N2O2. The molecule has 1 atom stereocenters. The summed E-state index contributed by atoms with van der Waals surface area (Å²) in [6, 6.07) is 8.88. The van der Waals surface area contributed by atoms with Crippen LogP contribution in [0.4, 0.5) is 13.2 Å². The first-order valence-corrected chi connectivity index (χ1v) is 7.86. The third-order valence-electron chi connectivity index (χ3n) is 3.89. The number of pyridine rings is 1. The standard InChI is InChI=1S/C18H19F3N2O2/c1-3-13-4-6-14(7-5-13)12(2)22-16(24)11-23-10-15(18(19,20)21)8-9-17(23)25/h4-10,12H,3,11H2,1-2H3,(H,22,24)/t12-/m1/s1. The lowest BCUT2D eigenvalue weighted by Gasteiger charge is -2.16. The van der Waals surface area contributed by atoms with E-state index in [0.29, 0.717) is 12.3 Å². The largest absolute Gasteiger partial charge is 0.417 e. The lowest BCUT2D eigenvalue weighted by Crippen LogP contribution is -2.34. The van der Waals surface area contributed by atoms with Crippen molar-refractivity contribution in [3.05, 3.63) is 69.6 Å². The highest BCUT2D eigenvalue weighted by Crippen LogP contribution is 2.28. The number of alkyl halides is 3. The highest BCUT2D eigenvalue weighted by molar-refractivity contribution is 5.76. The Morgan fingerprint density at radius 1 is 1.16 bits per heavy atom. The zero-order valence-electron chi connectivity index (χ0n) is 13.9. The molecule has 0 bridgehead atoms. The van der Waals surface area contributed by atoms with Crippen molar-refractivity contribution in [2.45, 2.75) is 39.0 Å². The quantitative estimate of drug-likeness (QED) is 0.898. The number of rotatable bonds is 5.